The van der Waals surface area contributed by atoms with Gasteiger partial charge >= 0.3 is 24.0 Å². The number of alkyl carbamates (subject to hydrolysis) is 1. The number of rotatable bonds is 13. The average molecular weight is 880 g/mol. The largest absolute Gasteiger partial charge is 0.456 e. The lowest BCUT2D eigenvalue weighted by Crippen LogP contribution is -2.82. The first-order chi connectivity index (χ1) is 29.5. The first-order valence-corrected chi connectivity index (χ1v) is 21.2. The summed E-state index contributed by atoms with van der Waals surface area (Å²) in [7, 11) is 1.43. The summed E-state index contributed by atoms with van der Waals surface area (Å²) in [5.41, 5.74) is -6.35. The summed E-state index contributed by atoms with van der Waals surface area (Å²) >= 11 is 0. The Kier molecular flexibility index (Phi) is 13.7. The molecule has 16 heteroatoms. The molecule has 1 heterocycles. The number of fused-ring (bicyclic) bond motifs is 5. The lowest BCUT2D eigenvalue weighted by atomic mass is 9.44. The zero-order chi connectivity index (χ0) is 46.3. The lowest BCUT2D eigenvalue weighted by Gasteiger charge is -2.68. The number of carbonyl (C=O) groups excluding carboxylic acids is 5. The van der Waals surface area contributed by atoms with Gasteiger partial charge in [0, 0.05) is 45.1 Å². The average Bonchev–Trinajstić information content (AvgIpc) is 3.20. The minimum absolute atomic E-state index is 0.0610. The van der Waals surface area contributed by atoms with E-state index in [4.69, 9.17) is 37.9 Å². The smallest absolute Gasteiger partial charge is 0.408 e. The molecule has 2 aromatic rings. The van der Waals surface area contributed by atoms with E-state index in [2.05, 4.69) is 5.32 Å². The van der Waals surface area contributed by atoms with Crippen LogP contribution in [0.1, 0.15) is 92.3 Å². The summed E-state index contributed by atoms with van der Waals surface area (Å²) in [6.45, 7) is 13.5. The molecule has 2 bridgehead atoms. The maximum atomic E-state index is 15.9. The van der Waals surface area contributed by atoms with Gasteiger partial charge in [0.1, 0.15) is 30.2 Å². The van der Waals surface area contributed by atoms with Crippen molar-refractivity contribution in [1.82, 2.24) is 5.32 Å². The van der Waals surface area contributed by atoms with E-state index in [0.29, 0.717) is 5.56 Å². The third-order valence-corrected chi connectivity index (χ3v) is 13.2. The SMILES string of the molecule is COCO[C@H]1C[C@H]2OC[C@@]2(OC(C)=O)C2[C@H](OCc3ccccc3)[C@]3(O)CC(OC(=O)[C@H](O)[C@@H](NC(=O)OC(C)(C)C)c4ccccc4)C(C)=C([C@@H](OC(C)=O)C(=O)[C@@]21C)C3(C)C. The fraction of sp³-hybridized carbons (Fsp3) is 0.596. The van der Waals surface area contributed by atoms with Gasteiger partial charge in [0.05, 0.1) is 36.9 Å². The number of ether oxygens (including phenoxy) is 8. The Hall–Kier alpha value is -4.71. The number of hydrogen-bond donors (Lipinski definition) is 3. The molecule has 11 atom stereocenters. The molecule has 3 fully saturated rings. The van der Waals surface area contributed by atoms with E-state index in [1.54, 1.807) is 78.8 Å². The van der Waals surface area contributed by atoms with Gasteiger partial charge in [-0.1, -0.05) is 74.5 Å². The van der Waals surface area contributed by atoms with Gasteiger partial charge in [-0.25, -0.2) is 9.59 Å². The monoisotopic (exact) mass is 879 g/mol. The van der Waals surface area contributed by atoms with E-state index < -0.39 is 106 Å². The second-order valence-electron chi connectivity index (χ2n) is 18.7. The van der Waals surface area contributed by atoms with Crippen LogP contribution in [-0.4, -0.2) is 114 Å². The molecule has 0 aromatic heterocycles. The van der Waals surface area contributed by atoms with E-state index in [1.165, 1.54) is 14.0 Å². The molecule has 2 aromatic carbocycles. The molecule has 3 aliphatic carbocycles. The van der Waals surface area contributed by atoms with E-state index in [0.717, 1.165) is 12.5 Å². The number of benzene rings is 2. The van der Waals surface area contributed by atoms with Crippen LogP contribution in [0.25, 0.3) is 0 Å². The zero-order valence-corrected chi connectivity index (χ0v) is 37.6. The molecular formula is C47H61NO15. The first-order valence-electron chi connectivity index (χ1n) is 21.2. The Morgan fingerprint density at radius 2 is 1.57 bits per heavy atom. The van der Waals surface area contributed by atoms with E-state index in [1.807, 2.05) is 30.3 Å². The molecule has 1 aliphatic heterocycles. The van der Waals surface area contributed by atoms with E-state index in [-0.39, 0.29) is 44.0 Å². The van der Waals surface area contributed by atoms with Gasteiger partial charge in [0.25, 0.3) is 0 Å². The number of methoxy groups -OCH3 is 1. The first kappa shape index (κ1) is 47.8. The van der Waals surface area contributed by atoms with Crippen LogP contribution in [0.15, 0.2) is 71.8 Å². The normalized spacial score (nSPS) is 32.0. The molecule has 16 nitrogen and oxygen atoms in total. The minimum atomic E-state index is -2.14. The predicted octanol–water partition coefficient (Wildman–Crippen LogP) is 4.82. The highest BCUT2D eigenvalue weighted by molar-refractivity contribution is 5.95. The number of aliphatic hydroxyl groups excluding tert-OH is 1. The van der Waals surface area contributed by atoms with Crippen LogP contribution < -0.4 is 5.32 Å². The second kappa shape index (κ2) is 18.0. The standard InChI is InChI=1S/C47H61NO15/c1-26-31(61-41(53)36(51)35(30-19-15-12-16-20-30)48-42(54)63-43(4,5)6)22-47(55)40(57-23-29-17-13-11-14-18-29)38-45(9,39(52)37(60-27(2)49)34(26)44(47,7)8)32(59-25-56-10)21-33-46(38,24-58-33)62-28(3)50/h11-20,31-33,35-38,40,51,55H,21-25H2,1-10H3,(H,48,54)/t31?,32-,33+,35-,36+,37+,38?,40-,45+,46-,47+/m0/s1. The molecule has 63 heavy (non-hydrogen) atoms. The van der Waals surface area contributed by atoms with Crippen molar-refractivity contribution in [2.45, 2.75) is 141 Å². The molecule has 6 rings (SSSR count). The van der Waals surface area contributed by atoms with Crippen molar-refractivity contribution in [1.29, 1.82) is 0 Å². The Balaban J connectivity index is 1.54. The summed E-state index contributed by atoms with van der Waals surface area (Å²) < 4.78 is 48.5. The quantitative estimate of drug-likeness (QED) is 0.107. The molecule has 2 unspecified atom stereocenters. The van der Waals surface area contributed by atoms with Crippen LogP contribution in [0, 0.1) is 16.7 Å². The predicted molar refractivity (Wildman–Crippen MR) is 223 cm³/mol. The zero-order valence-electron chi connectivity index (χ0n) is 37.6. The summed E-state index contributed by atoms with van der Waals surface area (Å²) in [6, 6.07) is 16.1. The Bertz CT molecular complexity index is 2070. The number of amides is 1. The summed E-state index contributed by atoms with van der Waals surface area (Å²) in [5, 5.41) is 28.2. The molecule has 344 valence electrons. The maximum Gasteiger partial charge on any atom is 0.408 e. The van der Waals surface area contributed by atoms with Crippen LogP contribution in [0.5, 0.6) is 0 Å². The number of Topliss-reactive ketones (excluding diaryl/α,β-unsaturated/α-hetero) is 1. The highest BCUT2D eigenvalue weighted by Crippen LogP contribution is 2.65. The molecule has 2 saturated carbocycles. The fourth-order valence-corrected chi connectivity index (χ4v) is 10.2. The number of ketones is 1. The van der Waals surface area contributed by atoms with Crippen molar-refractivity contribution < 1.29 is 72.1 Å². The highest BCUT2D eigenvalue weighted by Gasteiger charge is 2.78. The summed E-state index contributed by atoms with van der Waals surface area (Å²) in [6.07, 6.45) is -9.54. The Labute approximate surface area is 367 Å². The van der Waals surface area contributed by atoms with Gasteiger partial charge in [0.2, 0.25) is 0 Å². The third-order valence-electron chi connectivity index (χ3n) is 13.2. The molecule has 3 N–H and O–H groups in total. The summed E-state index contributed by atoms with van der Waals surface area (Å²) in [4.78, 5) is 69.6. The van der Waals surface area contributed by atoms with Gasteiger partial charge in [0.15, 0.2) is 23.6 Å². The number of nitrogens with one attached hydrogen (secondary N) is 1. The molecular weight excluding hydrogens is 819 g/mol. The van der Waals surface area contributed by atoms with Crippen LogP contribution in [0.3, 0.4) is 0 Å². The van der Waals surface area contributed by atoms with Crippen molar-refractivity contribution in [3.63, 3.8) is 0 Å². The van der Waals surface area contributed by atoms with Crippen LogP contribution in [0.4, 0.5) is 4.79 Å². The van der Waals surface area contributed by atoms with Crippen molar-refractivity contribution in [3.05, 3.63) is 82.9 Å². The molecule has 0 spiro atoms. The van der Waals surface area contributed by atoms with Gasteiger partial charge in [-0.05, 0) is 56.9 Å². The van der Waals surface area contributed by atoms with Crippen molar-refractivity contribution in [3.8, 4) is 0 Å². The van der Waals surface area contributed by atoms with Crippen LogP contribution in [-0.2, 0) is 63.7 Å². The number of carbonyl (C=O) groups is 5. The Morgan fingerprint density at radius 3 is 2.13 bits per heavy atom. The lowest BCUT2D eigenvalue weighted by molar-refractivity contribution is -0.357. The molecule has 0 radical (unpaired) electrons. The second-order valence-corrected chi connectivity index (χ2v) is 18.7. The van der Waals surface area contributed by atoms with E-state index >= 15 is 4.79 Å². The number of hydrogen-bond acceptors (Lipinski definition) is 15. The topological polar surface area (TPSA) is 212 Å². The van der Waals surface area contributed by atoms with Crippen molar-refractivity contribution in [2.75, 3.05) is 20.5 Å². The van der Waals surface area contributed by atoms with Gasteiger partial charge in [-0.2, -0.15) is 0 Å². The molecule has 4 aliphatic rings. The van der Waals surface area contributed by atoms with Gasteiger partial charge in [-0.3, -0.25) is 14.4 Å². The summed E-state index contributed by atoms with van der Waals surface area (Å²) in [5.74, 6) is -4.56. The molecule has 1 saturated heterocycles. The molecule has 1 amide bonds. The Morgan fingerprint density at radius 1 is 0.937 bits per heavy atom. The van der Waals surface area contributed by atoms with Gasteiger partial charge in [-0.15, -0.1) is 0 Å². The van der Waals surface area contributed by atoms with Crippen molar-refractivity contribution in [2.24, 2.45) is 16.7 Å². The van der Waals surface area contributed by atoms with E-state index in [9.17, 15) is 29.4 Å². The van der Waals surface area contributed by atoms with Crippen molar-refractivity contribution >= 4 is 29.8 Å². The maximum absolute atomic E-state index is 15.9. The third kappa shape index (κ3) is 8.90. The number of esters is 3. The minimum Gasteiger partial charge on any atom is -0.456 e. The van der Waals surface area contributed by atoms with Crippen LogP contribution in [0.2, 0.25) is 0 Å². The fourth-order valence-electron chi connectivity index (χ4n) is 10.2. The van der Waals surface area contributed by atoms with Gasteiger partial charge < -0.3 is 53.4 Å². The number of aliphatic hydroxyl groups is 2. The van der Waals surface area contributed by atoms with Crippen LogP contribution >= 0.6 is 0 Å². The highest BCUT2D eigenvalue weighted by atomic mass is 16.7.